The van der Waals surface area contributed by atoms with Gasteiger partial charge < -0.3 is 15.7 Å². The van der Waals surface area contributed by atoms with Crippen LogP contribution in [0.2, 0.25) is 5.02 Å². The molecule has 1 atom stereocenters. The van der Waals surface area contributed by atoms with Gasteiger partial charge in [0.25, 0.3) is 0 Å². The summed E-state index contributed by atoms with van der Waals surface area (Å²) >= 11 is 5.90. The summed E-state index contributed by atoms with van der Waals surface area (Å²) in [5.41, 5.74) is 5.34. The van der Waals surface area contributed by atoms with Crippen molar-refractivity contribution in [1.82, 2.24) is 0 Å². The molecule has 1 aromatic rings. The quantitative estimate of drug-likeness (QED) is 0.842. The van der Waals surface area contributed by atoms with Gasteiger partial charge in [0, 0.05) is 17.3 Å². The SMILES string of the molecule is CCC(C)(CN)C(=O)N(CC(=O)O)c1cccc(Cl)c1. The molecule has 5 nitrogen and oxygen atoms in total. The Morgan fingerprint density at radius 2 is 2.10 bits per heavy atom. The second kappa shape index (κ2) is 6.72. The van der Waals surface area contributed by atoms with E-state index in [1.54, 1.807) is 31.2 Å². The molecule has 110 valence electrons. The molecule has 0 aromatic heterocycles. The third-order valence-electron chi connectivity index (χ3n) is 3.41. The van der Waals surface area contributed by atoms with Crippen LogP contribution in [0.5, 0.6) is 0 Å². The maximum absolute atomic E-state index is 12.6. The van der Waals surface area contributed by atoms with Crippen molar-refractivity contribution in [3.05, 3.63) is 29.3 Å². The van der Waals surface area contributed by atoms with Crippen LogP contribution in [0.3, 0.4) is 0 Å². The van der Waals surface area contributed by atoms with Crippen LogP contribution in [0.1, 0.15) is 20.3 Å². The number of benzene rings is 1. The smallest absolute Gasteiger partial charge is 0.323 e. The van der Waals surface area contributed by atoms with Gasteiger partial charge in [-0.05, 0) is 31.5 Å². The van der Waals surface area contributed by atoms with E-state index < -0.39 is 17.9 Å². The molecule has 0 heterocycles. The molecule has 0 bridgehead atoms. The molecule has 0 fully saturated rings. The minimum atomic E-state index is -1.09. The lowest BCUT2D eigenvalue weighted by Crippen LogP contribution is -2.48. The van der Waals surface area contributed by atoms with Crippen molar-refractivity contribution in [3.8, 4) is 0 Å². The Labute approximate surface area is 123 Å². The second-order valence-corrected chi connectivity index (χ2v) is 5.32. The molecule has 0 saturated heterocycles. The van der Waals surface area contributed by atoms with Gasteiger partial charge >= 0.3 is 5.97 Å². The Bertz CT molecular complexity index is 501. The first-order valence-corrected chi connectivity index (χ1v) is 6.71. The van der Waals surface area contributed by atoms with Crippen LogP contribution < -0.4 is 10.6 Å². The van der Waals surface area contributed by atoms with Gasteiger partial charge in [-0.1, -0.05) is 24.6 Å². The number of carbonyl (C=O) groups excluding carboxylic acids is 1. The topological polar surface area (TPSA) is 83.6 Å². The van der Waals surface area contributed by atoms with Gasteiger partial charge in [-0.3, -0.25) is 9.59 Å². The Morgan fingerprint density at radius 3 is 2.55 bits per heavy atom. The molecule has 1 rings (SSSR count). The summed E-state index contributed by atoms with van der Waals surface area (Å²) in [6.45, 7) is 3.31. The van der Waals surface area contributed by atoms with Gasteiger partial charge in [0.05, 0.1) is 5.41 Å². The fraction of sp³-hybridized carbons (Fsp3) is 0.429. The Morgan fingerprint density at radius 1 is 1.45 bits per heavy atom. The summed E-state index contributed by atoms with van der Waals surface area (Å²) in [6.07, 6.45) is 0.527. The number of amides is 1. The number of nitrogens with zero attached hydrogens (tertiary/aromatic N) is 1. The van der Waals surface area contributed by atoms with Crippen LogP contribution in [0.15, 0.2) is 24.3 Å². The number of anilines is 1. The predicted molar refractivity (Wildman–Crippen MR) is 78.9 cm³/mol. The molecule has 6 heteroatoms. The highest BCUT2D eigenvalue weighted by Crippen LogP contribution is 2.27. The molecule has 0 aliphatic carbocycles. The van der Waals surface area contributed by atoms with Crippen LogP contribution in [-0.2, 0) is 9.59 Å². The normalized spacial score (nSPS) is 13.6. The van der Waals surface area contributed by atoms with Gasteiger partial charge in [0.15, 0.2) is 0 Å². The van der Waals surface area contributed by atoms with Gasteiger partial charge in [0.1, 0.15) is 6.54 Å². The fourth-order valence-electron chi connectivity index (χ4n) is 1.77. The number of carboxylic acid groups (broad SMARTS) is 1. The number of halogens is 1. The Kier molecular flexibility index (Phi) is 5.53. The minimum Gasteiger partial charge on any atom is -0.480 e. The Balaban J connectivity index is 3.19. The molecule has 1 aromatic carbocycles. The summed E-state index contributed by atoms with van der Waals surface area (Å²) < 4.78 is 0. The number of hydrogen-bond donors (Lipinski definition) is 2. The van der Waals surface area contributed by atoms with Crippen LogP contribution in [0.4, 0.5) is 5.69 Å². The zero-order chi connectivity index (χ0) is 15.3. The number of hydrogen-bond acceptors (Lipinski definition) is 3. The molecule has 0 spiro atoms. The van der Waals surface area contributed by atoms with Crippen molar-refractivity contribution in [1.29, 1.82) is 0 Å². The van der Waals surface area contributed by atoms with Crippen molar-refractivity contribution in [2.24, 2.45) is 11.1 Å². The third-order valence-corrected chi connectivity index (χ3v) is 3.64. The van der Waals surface area contributed by atoms with Gasteiger partial charge in [-0.2, -0.15) is 0 Å². The summed E-state index contributed by atoms with van der Waals surface area (Å²) in [4.78, 5) is 24.8. The molecule has 0 radical (unpaired) electrons. The van der Waals surface area contributed by atoms with Crippen LogP contribution in [-0.4, -0.2) is 30.1 Å². The first-order valence-electron chi connectivity index (χ1n) is 6.33. The van der Waals surface area contributed by atoms with Crippen LogP contribution >= 0.6 is 11.6 Å². The van der Waals surface area contributed by atoms with E-state index in [1.165, 1.54) is 4.90 Å². The van der Waals surface area contributed by atoms with Crippen molar-refractivity contribution in [2.45, 2.75) is 20.3 Å². The lowest BCUT2D eigenvalue weighted by molar-refractivity contribution is -0.138. The zero-order valence-corrected chi connectivity index (χ0v) is 12.4. The van der Waals surface area contributed by atoms with Gasteiger partial charge in [0.2, 0.25) is 5.91 Å². The lowest BCUT2D eigenvalue weighted by Gasteiger charge is -2.32. The number of carbonyl (C=O) groups is 2. The monoisotopic (exact) mass is 298 g/mol. The Hall–Kier alpha value is -1.59. The van der Waals surface area contributed by atoms with E-state index in [9.17, 15) is 9.59 Å². The molecule has 0 aliphatic heterocycles. The van der Waals surface area contributed by atoms with Crippen molar-refractivity contribution < 1.29 is 14.7 Å². The highest BCUT2D eigenvalue weighted by atomic mass is 35.5. The summed E-state index contributed by atoms with van der Waals surface area (Å²) in [5.74, 6) is -1.40. The highest BCUT2D eigenvalue weighted by Gasteiger charge is 2.35. The average Bonchev–Trinajstić information content (AvgIpc) is 2.43. The first kappa shape index (κ1) is 16.5. The number of aliphatic carboxylic acids is 1. The second-order valence-electron chi connectivity index (χ2n) is 4.88. The average molecular weight is 299 g/mol. The van der Waals surface area contributed by atoms with E-state index in [-0.39, 0.29) is 12.5 Å². The summed E-state index contributed by atoms with van der Waals surface area (Å²) in [5, 5.41) is 9.46. The van der Waals surface area contributed by atoms with Crippen LogP contribution in [0, 0.1) is 5.41 Å². The molecule has 20 heavy (non-hydrogen) atoms. The fourth-order valence-corrected chi connectivity index (χ4v) is 1.95. The molecule has 1 amide bonds. The number of carboxylic acids is 1. The van der Waals surface area contributed by atoms with E-state index in [0.29, 0.717) is 17.1 Å². The number of nitrogens with two attached hydrogens (primary N) is 1. The maximum Gasteiger partial charge on any atom is 0.323 e. The van der Waals surface area contributed by atoms with E-state index >= 15 is 0 Å². The van der Waals surface area contributed by atoms with E-state index in [0.717, 1.165) is 0 Å². The maximum atomic E-state index is 12.6. The minimum absolute atomic E-state index is 0.152. The molecule has 0 saturated carbocycles. The van der Waals surface area contributed by atoms with Gasteiger partial charge in [-0.15, -0.1) is 0 Å². The third kappa shape index (κ3) is 3.71. The van der Waals surface area contributed by atoms with Gasteiger partial charge in [-0.25, -0.2) is 0 Å². The lowest BCUT2D eigenvalue weighted by atomic mass is 9.86. The first-order chi connectivity index (χ1) is 9.34. The standard InChI is InChI=1S/C14H19ClN2O3/c1-3-14(2,9-16)13(20)17(8-12(18)19)11-6-4-5-10(15)7-11/h4-7H,3,8-9,16H2,1-2H3,(H,18,19). The van der Waals surface area contributed by atoms with E-state index in [1.807, 2.05) is 6.92 Å². The van der Waals surface area contributed by atoms with E-state index in [4.69, 9.17) is 22.4 Å². The molecule has 1 unspecified atom stereocenters. The van der Waals surface area contributed by atoms with E-state index in [2.05, 4.69) is 0 Å². The summed E-state index contributed by atoms with van der Waals surface area (Å²) in [7, 11) is 0. The largest absolute Gasteiger partial charge is 0.480 e. The zero-order valence-electron chi connectivity index (χ0n) is 11.6. The number of rotatable bonds is 6. The van der Waals surface area contributed by atoms with Crippen molar-refractivity contribution in [3.63, 3.8) is 0 Å². The van der Waals surface area contributed by atoms with Crippen molar-refractivity contribution >= 4 is 29.2 Å². The molecular weight excluding hydrogens is 280 g/mol. The highest BCUT2D eigenvalue weighted by molar-refractivity contribution is 6.31. The van der Waals surface area contributed by atoms with Crippen molar-refractivity contribution in [2.75, 3.05) is 18.0 Å². The summed E-state index contributed by atoms with van der Waals surface area (Å²) in [6, 6.07) is 6.55. The molecule has 0 aliphatic rings. The predicted octanol–water partition coefficient (Wildman–Crippen LogP) is 2.13. The van der Waals surface area contributed by atoms with Crippen LogP contribution in [0.25, 0.3) is 0 Å². The molecule has 3 N–H and O–H groups in total. The molecular formula is C14H19ClN2O3.